The number of hydrogen-bond donors (Lipinski definition) is 2. The van der Waals surface area contributed by atoms with Crippen LogP contribution in [0.5, 0.6) is 5.75 Å². The molecule has 1 aliphatic carbocycles. The fraction of sp³-hybridized carbons (Fsp3) is 0.438. The van der Waals surface area contributed by atoms with Crippen LogP contribution in [0.1, 0.15) is 25.3 Å². The standard InChI is InChI=1S/C16H22BrN3O/c1-3-18-16(20-13-6-4-5-7-13)19-11-12-8-9-15(21-2)14(17)10-12/h4-5,8-10,13H,3,6-7,11H2,1-2H3,(H2,18,19,20). The fourth-order valence-corrected chi connectivity index (χ4v) is 2.82. The maximum absolute atomic E-state index is 5.24. The van der Waals surface area contributed by atoms with Crippen molar-refractivity contribution in [2.45, 2.75) is 32.4 Å². The lowest BCUT2D eigenvalue weighted by atomic mass is 10.2. The zero-order valence-electron chi connectivity index (χ0n) is 12.5. The molecule has 21 heavy (non-hydrogen) atoms. The van der Waals surface area contributed by atoms with Crippen LogP contribution in [-0.2, 0) is 6.54 Å². The van der Waals surface area contributed by atoms with Gasteiger partial charge in [-0.25, -0.2) is 4.99 Å². The molecule has 0 bridgehead atoms. The van der Waals surface area contributed by atoms with Gasteiger partial charge in [-0.2, -0.15) is 0 Å². The molecule has 0 unspecified atom stereocenters. The van der Waals surface area contributed by atoms with E-state index in [1.54, 1.807) is 7.11 Å². The lowest BCUT2D eigenvalue weighted by Gasteiger charge is -2.16. The summed E-state index contributed by atoms with van der Waals surface area (Å²) in [5.74, 6) is 1.71. The fourth-order valence-electron chi connectivity index (χ4n) is 2.23. The molecule has 1 aromatic carbocycles. The molecule has 0 saturated heterocycles. The van der Waals surface area contributed by atoms with Gasteiger partial charge in [0.15, 0.2) is 5.96 Å². The predicted octanol–water partition coefficient (Wildman–Crippen LogP) is 3.23. The van der Waals surface area contributed by atoms with Gasteiger partial charge in [-0.3, -0.25) is 0 Å². The summed E-state index contributed by atoms with van der Waals surface area (Å²) in [6, 6.07) is 6.50. The van der Waals surface area contributed by atoms with Crippen molar-refractivity contribution in [3.05, 3.63) is 40.4 Å². The normalized spacial score (nSPS) is 15.3. The molecule has 0 spiro atoms. The Labute approximate surface area is 134 Å². The van der Waals surface area contributed by atoms with Crippen molar-refractivity contribution in [1.82, 2.24) is 10.6 Å². The number of aliphatic imine (C=N–C) groups is 1. The van der Waals surface area contributed by atoms with Gasteiger partial charge in [0.1, 0.15) is 5.75 Å². The van der Waals surface area contributed by atoms with Crippen LogP contribution < -0.4 is 15.4 Å². The van der Waals surface area contributed by atoms with E-state index in [0.29, 0.717) is 12.6 Å². The van der Waals surface area contributed by atoms with E-state index >= 15 is 0 Å². The molecule has 0 fully saturated rings. The molecule has 0 aromatic heterocycles. The lowest BCUT2D eigenvalue weighted by Crippen LogP contribution is -2.42. The number of rotatable bonds is 5. The van der Waals surface area contributed by atoms with Gasteiger partial charge in [-0.05, 0) is 53.4 Å². The number of guanidine groups is 1. The molecule has 114 valence electrons. The molecule has 5 heteroatoms. The van der Waals surface area contributed by atoms with E-state index < -0.39 is 0 Å². The van der Waals surface area contributed by atoms with Gasteiger partial charge in [0.25, 0.3) is 0 Å². The van der Waals surface area contributed by atoms with Gasteiger partial charge in [0, 0.05) is 12.6 Å². The van der Waals surface area contributed by atoms with E-state index in [0.717, 1.165) is 41.1 Å². The summed E-state index contributed by atoms with van der Waals surface area (Å²) in [5, 5.41) is 6.76. The summed E-state index contributed by atoms with van der Waals surface area (Å²) in [7, 11) is 1.67. The number of halogens is 1. The van der Waals surface area contributed by atoms with E-state index in [-0.39, 0.29) is 0 Å². The first-order valence-electron chi connectivity index (χ1n) is 7.25. The number of methoxy groups -OCH3 is 1. The highest BCUT2D eigenvalue weighted by molar-refractivity contribution is 9.10. The van der Waals surface area contributed by atoms with Crippen LogP contribution >= 0.6 is 15.9 Å². The third-order valence-corrected chi connectivity index (χ3v) is 3.95. The Morgan fingerprint density at radius 3 is 2.76 bits per heavy atom. The van der Waals surface area contributed by atoms with Gasteiger partial charge in [-0.1, -0.05) is 18.2 Å². The van der Waals surface area contributed by atoms with E-state index in [1.807, 2.05) is 18.2 Å². The molecule has 0 radical (unpaired) electrons. The first kappa shape index (κ1) is 15.9. The molecule has 2 rings (SSSR count). The van der Waals surface area contributed by atoms with Crippen LogP contribution in [0.15, 0.2) is 39.8 Å². The number of hydrogen-bond acceptors (Lipinski definition) is 2. The van der Waals surface area contributed by atoms with Gasteiger partial charge in [0.05, 0.1) is 18.1 Å². The van der Waals surface area contributed by atoms with Crippen molar-refractivity contribution in [1.29, 1.82) is 0 Å². The van der Waals surface area contributed by atoms with Crippen molar-refractivity contribution in [2.75, 3.05) is 13.7 Å². The Kier molecular flexibility index (Phi) is 6.11. The maximum Gasteiger partial charge on any atom is 0.191 e. The molecule has 0 heterocycles. The zero-order chi connectivity index (χ0) is 15.1. The first-order chi connectivity index (χ1) is 10.2. The highest BCUT2D eigenvalue weighted by Gasteiger charge is 2.11. The number of ether oxygens (including phenoxy) is 1. The molecule has 0 atom stereocenters. The van der Waals surface area contributed by atoms with Crippen LogP contribution in [0, 0.1) is 0 Å². The molecule has 0 amide bonds. The molecule has 0 aliphatic heterocycles. The summed E-state index contributed by atoms with van der Waals surface area (Å²) < 4.78 is 6.19. The maximum atomic E-state index is 5.24. The summed E-state index contributed by atoms with van der Waals surface area (Å²) in [6.45, 7) is 3.57. The Balaban J connectivity index is 1.99. The van der Waals surface area contributed by atoms with Gasteiger partial charge in [-0.15, -0.1) is 0 Å². The minimum Gasteiger partial charge on any atom is -0.496 e. The molecule has 2 N–H and O–H groups in total. The number of nitrogens with one attached hydrogen (secondary N) is 2. The second-order valence-electron chi connectivity index (χ2n) is 4.95. The van der Waals surface area contributed by atoms with Crippen LogP contribution in [0.25, 0.3) is 0 Å². The first-order valence-corrected chi connectivity index (χ1v) is 8.04. The summed E-state index contributed by atoms with van der Waals surface area (Å²) >= 11 is 3.50. The predicted molar refractivity (Wildman–Crippen MR) is 90.8 cm³/mol. The van der Waals surface area contributed by atoms with Crippen molar-refractivity contribution < 1.29 is 4.74 Å². The van der Waals surface area contributed by atoms with Crippen molar-refractivity contribution in [2.24, 2.45) is 4.99 Å². The van der Waals surface area contributed by atoms with Crippen molar-refractivity contribution in [3.8, 4) is 5.75 Å². The average Bonchev–Trinajstić information content (AvgIpc) is 2.98. The second kappa shape index (κ2) is 8.08. The van der Waals surface area contributed by atoms with Crippen LogP contribution in [0.4, 0.5) is 0 Å². The van der Waals surface area contributed by atoms with Gasteiger partial charge in [0.2, 0.25) is 0 Å². The largest absolute Gasteiger partial charge is 0.496 e. The minimum absolute atomic E-state index is 0.463. The monoisotopic (exact) mass is 351 g/mol. The van der Waals surface area contributed by atoms with Crippen LogP contribution in [-0.4, -0.2) is 25.7 Å². The Bertz CT molecular complexity index is 520. The summed E-state index contributed by atoms with van der Waals surface area (Å²) in [6.07, 6.45) is 6.56. The average molecular weight is 352 g/mol. The topological polar surface area (TPSA) is 45.7 Å². The zero-order valence-corrected chi connectivity index (χ0v) is 14.1. The minimum atomic E-state index is 0.463. The van der Waals surface area contributed by atoms with Crippen molar-refractivity contribution in [3.63, 3.8) is 0 Å². The van der Waals surface area contributed by atoms with E-state index in [9.17, 15) is 0 Å². The molecular weight excluding hydrogens is 330 g/mol. The van der Waals surface area contributed by atoms with Gasteiger partial charge >= 0.3 is 0 Å². The number of benzene rings is 1. The molecule has 0 saturated carbocycles. The van der Waals surface area contributed by atoms with Crippen LogP contribution in [0.2, 0.25) is 0 Å². The second-order valence-corrected chi connectivity index (χ2v) is 5.80. The summed E-state index contributed by atoms with van der Waals surface area (Å²) in [5.41, 5.74) is 1.14. The summed E-state index contributed by atoms with van der Waals surface area (Å²) in [4.78, 5) is 4.65. The van der Waals surface area contributed by atoms with Gasteiger partial charge < -0.3 is 15.4 Å². The third-order valence-electron chi connectivity index (χ3n) is 3.33. The highest BCUT2D eigenvalue weighted by Crippen LogP contribution is 2.25. The smallest absolute Gasteiger partial charge is 0.191 e. The van der Waals surface area contributed by atoms with Crippen molar-refractivity contribution >= 4 is 21.9 Å². The van der Waals surface area contributed by atoms with E-state index in [1.165, 1.54) is 0 Å². The SMILES string of the molecule is CCNC(=NCc1ccc(OC)c(Br)c1)NC1CC=CC1. The van der Waals surface area contributed by atoms with Crippen LogP contribution in [0.3, 0.4) is 0 Å². The third kappa shape index (κ3) is 4.77. The van der Waals surface area contributed by atoms with E-state index in [2.05, 4.69) is 50.6 Å². The van der Waals surface area contributed by atoms with E-state index in [4.69, 9.17) is 4.74 Å². The molecule has 4 nitrogen and oxygen atoms in total. The highest BCUT2D eigenvalue weighted by atomic mass is 79.9. The Morgan fingerprint density at radius 2 is 2.14 bits per heavy atom. The quantitative estimate of drug-likeness (QED) is 0.486. The number of nitrogens with zero attached hydrogens (tertiary/aromatic N) is 1. The Hall–Kier alpha value is -1.49. The molecule has 1 aromatic rings. The molecule has 1 aliphatic rings. The molecular formula is C16H22BrN3O. The lowest BCUT2D eigenvalue weighted by molar-refractivity contribution is 0.412. The Morgan fingerprint density at radius 1 is 1.38 bits per heavy atom.